The van der Waals surface area contributed by atoms with Crippen molar-refractivity contribution in [3.8, 4) is 0 Å². The molecule has 2 aliphatic heterocycles. The van der Waals surface area contributed by atoms with Crippen LogP contribution in [0.15, 0.2) is 60.3 Å². The number of benzene rings is 1. The highest BCUT2D eigenvalue weighted by Crippen LogP contribution is 2.33. The fourth-order valence-electron chi connectivity index (χ4n) is 4.62. The van der Waals surface area contributed by atoms with Crippen molar-refractivity contribution >= 4 is 50.9 Å². The number of ether oxygens (including phenoxy) is 2. The number of hydrogen-bond acceptors (Lipinski definition) is 9. The van der Waals surface area contributed by atoms with E-state index in [9.17, 15) is 9.59 Å². The molecule has 2 aliphatic rings. The molecule has 0 bridgehead atoms. The van der Waals surface area contributed by atoms with Crippen molar-refractivity contribution in [2.75, 3.05) is 56.8 Å². The number of morpholine rings is 1. The van der Waals surface area contributed by atoms with E-state index in [2.05, 4.69) is 25.8 Å². The van der Waals surface area contributed by atoms with Crippen LogP contribution >= 0.6 is 27.3 Å². The Kier molecular flexibility index (Phi) is 7.60. The second-order valence-corrected chi connectivity index (χ2v) is 11.1. The molecule has 0 amide bonds. The van der Waals surface area contributed by atoms with E-state index in [1.165, 1.54) is 11.3 Å². The number of anilines is 2. The smallest absolute Gasteiger partial charge is 0.338 e. The minimum atomic E-state index is -0.657. The fourth-order valence-corrected chi connectivity index (χ4v) is 6.20. The molecule has 11 heteroatoms. The van der Waals surface area contributed by atoms with Gasteiger partial charge in [-0.2, -0.15) is 0 Å². The van der Waals surface area contributed by atoms with E-state index < -0.39 is 12.0 Å². The van der Waals surface area contributed by atoms with Crippen molar-refractivity contribution in [1.82, 2.24) is 4.57 Å². The Morgan fingerprint density at radius 2 is 1.97 bits per heavy atom. The second kappa shape index (κ2) is 10.9. The number of nitrogens with zero attached hydrogens (tertiary/aromatic N) is 4. The van der Waals surface area contributed by atoms with Gasteiger partial charge in [0.25, 0.3) is 5.56 Å². The molecule has 38 heavy (non-hydrogen) atoms. The highest BCUT2D eigenvalue weighted by molar-refractivity contribution is 9.10. The van der Waals surface area contributed by atoms with Crippen LogP contribution in [-0.4, -0.2) is 57.5 Å². The minimum absolute atomic E-state index is 0.227. The van der Waals surface area contributed by atoms with Gasteiger partial charge in [0.1, 0.15) is 5.76 Å². The van der Waals surface area contributed by atoms with Crippen LogP contribution < -0.4 is 24.7 Å². The third kappa shape index (κ3) is 4.97. The van der Waals surface area contributed by atoms with Gasteiger partial charge < -0.3 is 23.7 Å². The number of carbonyl (C=O) groups is 1. The Balaban J connectivity index is 1.62. The Hall–Kier alpha value is -3.15. The standard InChI is InChI=1S/C27H29BrN4O5S/c1-5-36-26(34)22-16(2)29-27-32(23(22)17-6-8-18(9-7-17)30(3)4)24(33)21(38-27)15-19-14-20(28)25(37-19)31-10-12-35-13-11-31/h6-9,14-15,23H,5,10-13H2,1-4H3/b21-15+/t23-/m1/s1. The van der Waals surface area contributed by atoms with E-state index in [4.69, 9.17) is 13.9 Å². The SMILES string of the molecule is CCOC(=O)C1=C(C)N=c2s/c(=C/c3cc(Br)c(N4CCOCC4)o3)c(=O)n2[C@@H]1c1ccc(N(C)C)cc1. The van der Waals surface area contributed by atoms with Crippen LogP contribution in [0.2, 0.25) is 0 Å². The number of thiazole rings is 1. The summed E-state index contributed by atoms with van der Waals surface area (Å²) >= 11 is 4.86. The quantitative estimate of drug-likeness (QED) is 0.402. The van der Waals surface area contributed by atoms with Crippen molar-refractivity contribution in [1.29, 1.82) is 0 Å². The first kappa shape index (κ1) is 26.5. The van der Waals surface area contributed by atoms with Gasteiger partial charge in [-0.15, -0.1) is 0 Å². The van der Waals surface area contributed by atoms with Gasteiger partial charge in [-0.25, -0.2) is 9.79 Å². The lowest BCUT2D eigenvalue weighted by Crippen LogP contribution is -2.39. The lowest BCUT2D eigenvalue weighted by Gasteiger charge is -2.26. The molecule has 1 fully saturated rings. The van der Waals surface area contributed by atoms with Crippen LogP contribution in [0.1, 0.15) is 31.2 Å². The number of esters is 1. The third-order valence-electron chi connectivity index (χ3n) is 6.50. The third-order valence-corrected chi connectivity index (χ3v) is 8.05. The van der Waals surface area contributed by atoms with Gasteiger partial charge in [-0.3, -0.25) is 9.36 Å². The first-order valence-corrected chi connectivity index (χ1v) is 14.0. The summed E-state index contributed by atoms with van der Waals surface area (Å²) in [4.78, 5) is 36.2. The highest BCUT2D eigenvalue weighted by Gasteiger charge is 2.33. The zero-order valence-corrected chi connectivity index (χ0v) is 24.1. The number of rotatable bonds is 6. The number of allylic oxidation sites excluding steroid dienone is 1. The van der Waals surface area contributed by atoms with Crippen LogP contribution in [0.3, 0.4) is 0 Å². The summed E-state index contributed by atoms with van der Waals surface area (Å²) in [6, 6.07) is 9.01. The van der Waals surface area contributed by atoms with Crippen molar-refractivity contribution in [2.45, 2.75) is 19.9 Å². The van der Waals surface area contributed by atoms with Gasteiger partial charge in [0.15, 0.2) is 4.80 Å². The summed E-state index contributed by atoms with van der Waals surface area (Å²) in [7, 11) is 3.92. The van der Waals surface area contributed by atoms with Gasteiger partial charge in [0, 0.05) is 45.0 Å². The van der Waals surface area contributed by atoms with Crippen LogP contribution in [0.25, 0.3) is 6.08 Å². The first-order chi connectivity index (χ1) is 18.3. The van der Waals surface area contributed by atoms with Crippen molar-refractivity contribution in [3.63, 3.8) is 0 Å². The molecular formula is C27H29BrN4O5S. The number of aromatic nitrogens is 1. The Labute approximate surface area is 232 Å². The van der Waals surface area contributed by atoms with Gasteiger partial charge in [0.05, 0.1) is 46.1 Å². The van der Waals surface area contributed by atoms with E-state index in [0.717, 1.165) is 28.8 Å². The lowest BCUT2D eigenvalue weighted by atomic mass is 9.95. The normalized spacial score (nSPS) is 17.9. The van der Waals surface area contributed by atoms with Crippen LogP contribution in [-0.2, 0) is 14.3 Å². The molecule has 0 saturated carbocycles. The molecule has 2 aromatic heterocycles. The number of furan rings is 1. The topological polar surface area (TPSA) is 89.5 Å². The van der Waals surface area contributed by atoms with Crippen LogP contribution in [0, 0.1) is 0 Å². The van der Waals surface area contributed by atoms with Gasteiger partial charge >= 0.3 is 5.97 Å². The molecule has 0 unspecified atom stereocenters. The average molecular weight is 602 g/mol. The maximum atomic E-state index is 13.8. The second-order valence-electron chi connectivity index (χ2n) is 9.19. The van der Waals surface area contributed by atoms with E-state index in [0.29, 0.717) is 45.5 Å². The van der Waals surface area contributed by atoms with Gasteiger partial charge in [0.2, 0.25) is 5.88 Å². The zero-order valence-electron chi connectivity index (χ0n) is 21.7. The number of halogens is 1. The summed E-state index contributed by atoms with van der Waals surface area (Å²) in [5.74, 6) is 0.790. The Morgan fingerprint density at radius 1 is 1.26 bits per heavy atom. The number of fused-ring (bicyclic) bond motifs is 1. The number of carbonyl (C=O) groups excluding carboxylic acids is 1. The predicted octanol–water partition coefficient (Wildman–Crippen LogP) is 3.06. The summed E-state index contributed by atoms with van der Waals surface area (Å²) in [6.07, 6.45) is 1.73. The molecule has 0 aliphatic carbocycles. The zero-order chi connectivity index (χ0) is 27.0. The molecule has 1 aromatic carbocycles. The van der Waals surface area contributed by atoms with Crippen LogP contribution in [0.5, 0.6) is 0 Å². The largest absolute Gasteiger partial charge is 0.463 e. The van der Waals surface area contributed by atoms with Gasteiger partial charge in [-0.05, 0) is 47.5 Å². The molecule has 0 N–H and O–H groups in total. The molecule has 0 radical (unpaired) electrons. The number of hydrogen-bond donors (Lipinski definition) is 0. The van der Waals surface area contributed by atoms with E-state index in [-0.39, 0.29) is 12.2 Å². The van der Waals surface area contributed by atoms with Crippen molar-refractivity contribution in [2.24, 2.45) is 4.99 Å². The Bertz CT molecular complexity index is 1560. The molecule has 200 valence electrons. The average Bonchev–Trinajstić information content (AvgIpc) is 3.42. The molecule has 0 spiro atoms. The van der Waals surface area contributed by atoms with E-state index in [1.807, 2.05) is 49.3 Å². The monoisotopic (exact) mass is 600 g/mol. The van der Waals surface area contributed by atoms with Crippen molar-refractivity contribution in [3.05, 3.63) is 77.1 Å². The summed E-state index contributed by atoms with van der Waals surface area (Å²) in [5.41, 5.74) is 2.46. The lowest BCUT2D eigenvalue weighted by molar-refractivity contribution is -0.139. The summed E-state index contributed by atoms with van der Waals surface area (Å²) in [6.45, 7) is 6.51. The molecule has 5 rings (SSSR count). The van der Waals surface area contributed by atoms with Crippen molar-refractivity contribution < 1.29 is 18.7 Å². The molecule has 1 saturated heterocycles. The fraction of sp³-hybridized carbons (Fsp3) is 0.370. The molecule has 1 atom stereocenters. The minimum Gasteiger partial charge on any atom is -0.463 e. The maximum Gasteiger partial charge on any atom is 0.338 e. The molecular weight excluding hydrogens is 572 g/mol. The van der Waals surface area contributed by atoms with E-state index >= 15 is 0 Å². The summed E-state index contributed by atoms with van der Waals surface area (Å²) < 4.78 is 19.8. The molecule has 3 aromatic rings. The maximum absolute atomic E-state index is 13.8. The van der Waals surface area contributed by atoms with Gasteiger partial charge in [-0.1, -0.05) is 23.5 Å². The first-order valence-electron chi connectivity index (χ1n) is 12.4. The van der Waals surface area contributed by atoms with E-state index in [1.54, 1.807) is 24.5 Å². The molecule has 4 heterocycles. The Morgan fingerprint density at radius 3 is 2.63 bits per heavy atom. The highest BCUT2D eigenvalue weighted by atomic mass is 79.9. The summed E-state index contributed by atoms with van der Waals surface area (Å²) in [5, 5.41) is 0. The van der Waals surface area contributed by atoms with Crippen LogP contribution in [0.4, 0.5) is 11.6 Å². The predicted molar refractivity (Wildman–Crippen MR) is 151 cm³/mol. The molecule has 9 nitrogen and oxygen atoms in total.